The Morgan fingerprint density at radius 3 is 2.36 bits per heavy atom. The molecule has 1 fully saturated rings. The number of hydrogen-bond donors (Lipinski definition) is 1. The zero-order chi connectivity index (χ0) is 22.9. The first-order valence-corrected chi connectivity index (χ1v) is 11.6. The highest BCUT2D eigenvalue weighted by Gasteiger charge is 2.25. The number of benzene rings is 2. The lowest BCUT2D eigenvalue weighted by Gasteiger charge is -2.40. The Morgan fingerprint density at radius 2 is 1.76 bits per heavy atom. The van der Waals surface area contributed by atoms with Crippen LogP contribution < -0.4 is 5.32 Å². The van der Waals surface area contributed by atoms with Crippen LogP contribution in [0.25, 0.3) is 0 Å². The second-order valence-corrected chi connectivity index (χ2v) is 8.48. The third-order valence-electron chi connectivity index (χ3n) is 6.11. The second-order valence-electron chi connectivity index (χ2n) is 8.48. The van der Waals surface area contributed by atoms with Gasteiger partial charge in [-0.25, -0.2) is 0 Å². The molecule has 1 saturated heterocycles. The van der Waals surface area contributed by atoms with Gasteiger partial charge in [0, 0.05) is 65.5 Å². The summed E-state index contributed by atoms with van der Waals surface area (Å²) in [6, 6.07) is 19.2. The molecule has 0 saturated carbocycles. The molecule has 1 atom stereocenters. The van der Waals surface area contributed by atoms with Gasteiger partial charge in [0.15, 0.2) is 5.96 Å². The van der Waals surface area contributed by atoms with E-state index in [1.165, 1.54) is 5.56 Å². The van der Waals surface area contributed by atoms with Gasteiger partial charge in [-0.2, -0.15) is 0 Å². The number of guanidine groups is 1. The predicted octanol–water partition coefficient (Wildman–Crippen LogP) is 3.89. The van der Waals surface area contributed by atoms with Gasteiger partial charge in [0.1, 0.15) is 0 Å². The third kappa shape index (κ3) is 7.43. The highest BCUT2D eigenvalue weighted by atomic mass is 127. The Labute approximate surface area is 216 Å². The van der Waals surface area contributed by atoms with Crippen LogP contribution in [0.15, 0.2) is 59.6 Å². The molecule has 1 unspecified atom stereocenters. The SMILES string of the molecule is CCC(c1ccccc1)N1CCN(C(=NC)NCCc2cccc(C(=O)N(C)C)c2)CC1.I. The summed E-state index contributed by atoms with van der Waals surface area (Å²) in [5.41, 5.74) is 3.29. The van der Waals surface area contributed by atoms with Crippen LogP contribution in [-0.4, -0.2) is 80.4 Å². The lowest BCUT2D eigenvalue weighted by atomic mass is 10.0. The maximum Gasteiger partial charge on any atom is 0.253 e. The van der Waals surface area contributed by atoms with E-state index in [-0.39, 0.29) is 29.9 Å². The molecule has 7 heteroatoms. The highest BCUT2D eigenvalue weighted by molar-refractivity contribution is 14.0. The first-order chi connectivity index (χ1) is 15.5. The molecule has 1 N–H and O–H groups in total. The number of aliphatic imine (C=N–C) groups is 1. The van der Waals surface area contributed by atoms with Gasteiger partial charge in [0.2, 0.25) is 0 Å². The van der Waals surface area contributed by atoms with Crippen molar-refractivity contribution in [2.75, 3.05) is 53.9 Å². The molecule has 0 spiro atoms. The smallest absolute Gasteiger partial charge is 0.253 e. The molecular weight excluding hydrogens is 525 g/mol. The van der Waals surface area contributed by atoms with Gasteiger partial charge >= 0.3 is 0 Å². The Kier molecular flexibility index (Phi) is 11.1. The van der Waals surface area contributed by atoms with Crippen LogP contribution in [0.3, 0.4) is 0 Å². The molecule has 0 aliphatic carbocycles. The average molecular weight is 564 g/mol. The van der Waals surface area contributed by atoms with E-state index in [1.807, 2.05) is 25.2 Å². The normalized spacial score (nSPS) is 15.5. The van der Waals surface area contributed by atoms with Crippen molar-refractivity contribution in [2.45, 2.75) is 25.8 Å². The van der Waals surface area contributed by atoms with Crippen LogP contribution in [0.1, 0.15) is 40.9 Å². The van der Waals surface area contributed by atoms with Gasteiger partial charge < -0.3 is 15.1 Å². The summed E-state index contributed by atoms with van der Waals surface area (Å²) in [7, 11) is 5.41. The molecule has 0 aromatic heterocycles. The molecule has 6 nitrogen and oxygen atoms in total. The zero-order valence-electron chi connectivity index (χ0n) is 20.3. The van der Waals surface area contributed by atoms with E-state index in [2.05, 4.69) is 63.4 Å². The molecule has 3 rings (SSSR count). The summed E-state index contributed by atoms with van der Waals surface area (Å²) in [6.45, 7) is 7.05. The fourth-order valence-corrected chi connectivity index (χ4v) is 4.39. The number of carbonyl (C=O) groups is 1. The van der Waals surface area contributed by atoms with Crippen LogP contribution in [0.5, 0.6) is 0 Å². The number of amides is 1. The molecule has 2 aromatic rings. The first-order valence-electron chi connectivity index (χ1n) is 11.6. The molecule has 33 heavy (non-hydrogen) atoms. The summed E-state index contributed by atoms with van der Waals surface area (Å²) in [5.74, 6) is 0.993. The fourth-order valence-electron chi connectivity index (χ4n) is 4.39. The van der Waals surface area contributed by atoms with Crippen molar-refractivity contribution >= 4 is 35.8 Å². The molecular formula is C26H38IN5O. The Morgan fingerprint density at radius 1 is 1.06 bits per heavy atom. The minimum absolute atomic E-state index is 0. The lowest BCUT2D eigenvalue weighted by Crippen LogP contribution is -2.53. The second kappa shape index (κ2) is 13.5. The zero-order valence-corrected chi connectivity index (χ0v) is 22.7. The number of rotatable bonds is 7. The van der Waals surface area contributed by atoms with Crippen molar-refractivity contribution < 1.29 is 4.79 Å². The topological polar surface area (TPSA) is 51.2 Å². The monoisotopic (exact) mass is 563 g/mol. The fraction of sp³-hybridized carbons (Fsp3) is 0.462. The number of nitrogens with zero attached hydrogens (tertiary/aromatic N) is 4. The standard InChI is InChI=1S/C26H37N5O.HI/c1-5-24(22-11-7-6-8-12-22)30-16-18-31(19-17-30)26(27-2)28-15-14-21-10-9-13-23(20-21)25(32)29(3)4;/h6-13,20,24H,5,14-19H2,1-4H3,(H,27,28);1H. The molecule has 0 radical (unpaired) electrons. The molecule has 2 aromatic carbocycles. The summed E-state index contributed by atoms with van der Waals surface area (Å²) < 4.78 is 0. The predicted molar refractivity (Wildman–Crippen MR) is 148 cm³/mol. The van der Waals surface area contributed by atoms with E-state index < -0.39 is 0 Å². The molecule has 180 valence electrons. The lowest BCUT2D eigenvalue weighted by molar-refractivity contribution is 0.0827. The quantitative estimate of drug-likeness (QED) is 0.316. The molecule has 0 bridgehead atoms. The van der Waals surface area contributed by atoms with Gasteiger partial charge in [0.05, 0.1) is 0 Å². The van der Waals surface area contributed by atoms with E-state index in [1.54, 1.807) is 19.0 Å². The molecule has 1 aliphatic heterocycles. The summed E-state index contributed by atoms with van der Waals surface area (Å²) >= 11 is 0. The Hall–Kier alpha value is -2.13. The summed E-state index contributed by atoms with van der Waals surface area (Å²) in [6.07, 6.45) is 1.96. The van der Waals surface area contributed by atoms with E-state index in [4.69, 9.17) is 0 Å². The van der Waals surface area contributed by atoms with Gasteiger partial charge in [-0.05, 0) is 36.1 Å². The van der Waals surface area contributed by atoms with Crippen molar-refractivity contribution in [3.8, 4) is 0 Å². The van der Waals surface area contributed by atoms with Crippen LogP contribution in [-0.2, 0) is 6.42 Å². The van der Waals surface area contributed by atoms with Crippen LogP contribution in [0.4, 0.5) is 0 Å². The molecule has 1 amide bonds. The Bertz CT molecular complexity index is 895. The van der Waals surface area contributed by atoms with Crippen molar-refractivity contribution in [1.29, 1.82) is 0 Å². The minimum atomic E-state index is 0. The number of halogens is 1. The first kappa shape index (κ1) is 27.1. The van der Waals surface area contributed by atoms with Crippen molar-refractivity contribution in [3.05, 3.63) is 71.3 Å². The average Bonchev–Trinajstić information content (AvgIpc) is 2.83. The van der Waals surface area contributed by atoms with Gasteiger partial charge in [-0.1, -0.05) is 49.4 Å². The van der Waals surface area contributed by atoms with Crippen molar-refractivity contribution in [1.82, 2.24) is 20.0 Å². The van der Waals surface area contributed by atoms with Crippen molar-refractivity contribution in [3.63, 3.8) is 0 Å². The number of nitrogens with one attached hydrogen (secondary N) is 1. The van der Waals surface area contributed by atoms with Gasteiger partial charge in [0.25, 0.3) is 5.91 Å². The number of hydrogen-bond acceptors (Lipinski definition) is 3. The molecule has 1 aliphatic rings. The number of carbonyl (C=O) groups excluding carboxylic acids is 1. The van der Waals surface area contributed by atoms with E-state index >= 15 is 0 Å². The van der Waals surface area contributed by atoms with Gasteiger partial charge in [-0.3, -0.25) is 14.7 Å². The minimum Gasteiger partial charge on any atom is -0.356 e. The van der Waals surface area contributed by atoms with Crippen LogP contribution in [0.2, 0.25) is 0 Å². The van der Waals surface area contributed by atoms with E-state index in [0.29, 0.717) is 6.04 Å². The maximum absolute atomic E-state index is 12.2. The van der Waals surface area contributed by atoms with Gasteiger partial charge in [-0.15, -0.1) is 24.0 Å². The van der Waals surface area contributed by atoms with E-state index in [0.717, 1.165) is 62.7 Å². The third-order valence-corrected chi connectivity index (χ3v) is 6.11. The number of piperazine rings is 1. The van der Waals surface area contributed by atoms with Crippen LogP contribution in [0, 0.1) is 0 Å². The van der Waals surface area contributed by atoms with Crippen molar-refractivity contribution in [2.24, 2.45) is 4.99 Å². The largest absolute Gasteiger partial charge is 0.356 e. The summed E-state index contributed by atoms with van der Waals surface area (Å²) in [5, 5.41) is 3.51. The Balaban J connectivity index is 0.00000385. The summed E-state index contributed by atoms with van der Waals surface area (Å²) in [4.78, 5) is 23.3. The van der Waals surface area contributed by atoms with E-state index in [9.17, 15) is 4.79 Å². The van der Waals surface area contributed by atoms with Crippen LogP contribution >= 0.6 is 24.0 Å². The maximum atomic E-state index is 12.2. The highest BCUT2D eigenvalue weighted by Crippen LogP contribution is 2.25. The molecule has 1 heterocycles.